The van der Waals surface area contributed by atoms with E-state index in [0.717, 1.165) is 49.4 Å². The number of carbonyl (C=O) groups is 1. The Kier molecular flexibility index (Phi) is 9.40. The van der Waals surface area contributed by atoms with Crippen LogP contribution in [0.5, 0.6) is 11.5 Å². The fourth-order valence-electron chi connectivity index (χ4n) is 3.30. The van der Waals surface area contributed by atoms with Crippen molar-refractivity contribution in [1.29, 1.82) is 0 Å². The summed E-state index contributed by atoms with van der Waals surface area (Å²) >= 11 is 0. The lowest BCUT2D eigenvalue weighted by Gasteiger charge is -2.22. The van der Waals surface area contributed by atoms with Crippen molar-refractivity contribution in [3.63, 3.8) is 0 Å². The van der Waals surface area contributed by atoms with Crippen LogP contribution in [0.15, 0.2) is 48.5 Å². The number of rotatable bonds is 12. The number of hydrogen-bond acceptors (Lipinski definition) is 3. The molecule has 2 aromatic rings. The Hall–Kier alpha value is -2.49. The Bertz CT molecular complexity index is 709. The third-order valence-electron chi connectivity index (χ3n) is 4.71. The van der Waals surface area contributed by atoms with E-state index in [-0.39, 0.29) is 5.91 Å². The Morgan fingerprint density at radius 2 is 1.64 bits per heavy atom. The SMILES string of the molecule is CCCN(CCC)C(=O)CCc1cccc(OC)c1OCCc1ccccc1. The van der Waals surface area contributed by atoms with Crippen LogP contribution in [0.25, 0.3) is 0 Å². The molecule has 0 spiro atoms. The van der Waals surface area contributed by atoms with Crippen LogP contribution >= 0.6 is 0 Å². The summed E-state index contributed by atoms with van der Waals surface area (Å²) in [5.41, 5.74) is 2.26. The molecule has 0 N–H and O–H groups in total. The molecule has 0 heterocycles. The summed E-state index contributed by atoms with van der Waals surface area (Å²) in [6.45, 7) is 6.44. The van der Waals surface area contributed by atoms with Gasteiger partial charge in [0, 0.05) is 25.9 Å². The predicted molar refractivity (Wildman–Crippen MR) is 114 cm³/mol. The monoisotopic (exact) mass is 383 g/mol. The largest absolute Gasteiger partial charge is 0.493 e. The van der Waals surface area contributed by atoms with E-state index in [9.17, 15) is 4.79 Å². The highest BCUT2D eigenvalue weighted by Gasteiger charge is 2.15. The minimum atomic E-state index is 0.210. The maximum atomic E-state index is 12.6. The lowest BCUT2D eigenvalue weighted by Crippen LogP contribution is -2.32. The number of carbonyl (C=O) groups excluding carboxylic acids is 1. The van der Waals surface area contributed by atoms with Crippen LogP contribution in [-0.4, -0.2) is 37.6 Å². The molecule has 152 valence electrons. The maximum Gasteiger partial charge on any atom is 0.222 e. The van der Waals surface area contributed by atoms with E-state index in [1.165, 1.54) is 5.56 Å². The number of methoxy groups -OCH3 is 1. The fourth-order valence-corrected chi connectivity index (χ4v) is 3.30. The molecule has 0 atom stereocenters. The average molecular weight is 384 g/mol. The van der Waals surface area contributed by atoms with Gasteiger partial charge in [-0.2, -0.15) is 0 Å². The van der Waals surface area contributed by atoms with Gasteiger partial charge in [0.05, 0.1) is 13.7 Å². The number of para-hydroxylation sites is 1. The molecule has 0 aromatic heterocycles. The summed E-state index contributed by atoms with van der Waals surface area (Å²) in [6.07, 6.45) is 3.94. The van der Waals surface area contributed by atoms with Crippen molar-refractivity contribution < 1.29 is 14.3 Å². The summed E-state index contributed by atoms with van der Waals surface area (Å²) < 4.78 is 11.6. The van der Waals surface area contributed by atoms with Crippen LogP contribution < -0.4 is 9.47 Å². The van der Waals surface area contributed by atoms with Crippen LogP contribution in [0.1, 0.15) is 44.2 Å². The number of nitrogens with zero attached hydrogens (tertiary/aromatic N) is 1. The quantitative estimate of drug-likeness (QED) is 0.523. The molecule has 2 aromatic carbocycles. The Labute approximate surface area is 169 Å². The highest BCUT2D eigenvalue weighted by atomic mass is 16.5. The van der Waals surface area contributed by atoms with Gasteiger partial charge in [-0.1, -0.05) is 56.3 Å². The number of hydrogen-bond donors (Lipinski definition) is 0. The zero-order valence-electron chi connectivity index (χ0n) is 17.4. The van der Waals surface area contributed by atoms with E-state index < -0.39 is 0 Å². The molecule has 4 nitrogen and oxygen atoms in total. The van der Waals surface area contributed by atoms with Gasteiger partial charge < -0.3 is 14.4 Å². The van der Waals surface area contributed by atoms with Crippen molar-refractivity contribution in [3.8, 4) is 11.5 Å². The van der Waals surface area contributed by atoms with Crippen LogP contribution in [-0.2, 0) is 17.6 Å². The number of amides is 1. The van der Waals surface area contributed by atoms with E-state index in [0.29, 0.717) is 19.4 Å². The number of aryl methyl sites for hydroxylation is 1. The predicted octanol–water partition coefficient (Wildman–Crippen LogP) is 4.90. The van der Waals surface area contributed by atoms with Crippen LogP contribution in [0.3, 0.4) is 0 Å². The van der Waals surface area contributed by atoms with Crippen molar-refractivity contribution >= 4 is 5.91 Å². The lowest BCUT2D eigenvalue weighted by molar-refractivity contribution is -0.131. The minimum Gasteiger partial charge on any atom is -0.493 e. The molecule has 0 bridgehead atoms. The second-order valence-electron chi connectivity index (χ2n) is 6.91. The summed E-state index contributed by atoms with van der Waals surface area (Å²) in [5, 5.41) is 0. The van der Waals surface area contributed by atoms with Crippen LogP contribution in [0.4, 0.5) is 0 Å². The summed E-state index contributed by atoms with van der Waals surface area (Å²) in [7, 11) is 1.65. The Morgan fingerprint density at radius 1 is 0.929 bits per heavy atom. The third-order valence-corrected chi connectivity index (χ3v) is 4.71. The molecule has 0 radical (unpaired) electrons. The second kappa shape index (κ2) is 12.1. The highest BCUT2D eigenvalue weighted by Crippen LogP contribution is 2.32. The van der Waals surface area contributed by atoms with Crippen molar-refractivity contribution in [1.82, 2.24) is 4.90 Å². The van der Waals surface area contributed by atoms with Crippen molar-refractivity contribution in [2.45, 2.75) is 46.0 Å². The van der Waals surface area contributed by atoms with Gasteiger partial charge in [-0.25, -0.2) is 0 Å². The highest BCUT2D eigenvalue weighted by molar-refractivity contribution is 5.76. The van der Waals surface area contributed by atoms with Gasteiger partial charge in [-0.05, 0) is 36.5 Å². The topological polar surface area (TPSA) is 38.8 Å². The van der Waals surface area contributed by atoms with Crippen LogP contribution in [0.2, 0.25) is 0 Å². The van der Waals surface area contributed by atoms with E-state index in [2.05, 4.69) is 26.0 Å². The van der Waals surface area contributed by atoms with Gasteiger partial charge in [0.1, 0.15) is 0 Å². The smallest absolute Gasteiger partial charge is 0.222 e. The molecule has 1 amide bonds. The van der Waals surface area contributed by atoms with Crippen molar-refractivity contribution in [2.24, 2.45) is 0 Å². The maximum absolute atomic E-state index is 12.6. The standard InChI is InChI=1S/C24H33NO3/c1-4-17-25(18-5-2)23(26)15-14-21-12-9-13-22(27-3)24(21)28-19-16-20-10-7-6-8-11-20/h6-13H,4-5,14-19H2,1-3H3. The molecule has 0 aliphatic heterocycles. The molecule has 0 saturated carbocycles. The first-order valence-electron chi connectivity index (χ1n) is 10.3. The van der Waals surface area contributed by atoms with E-state index in [1.807, 2.05) is 41.3 Å². The van der Waals surface area contributed by atoms with Gasteiger partial charge in [0.25, 0.3) is 0 Å². The minimum absolute atomic E-state index is 0.210. The van der Waals surface area contributed by atoms with Crippen molar-refractivity contribution in [3.05, 3.63) is 59.7 Å². The first kappa shape index (κ1) is 21.8. The zero-order chi connectivity index (χ0) is 20.2. The number of ether oxygens (including phenoxy) is 2. The first-order chi connectivity index (χ1) is 13.7. The first-order valence-corrected chi connectivity index (χ1v) is 10.3. The normalized spacial score (nSPS) is 10.5. The second-order valence-corrected chi connectivity index (χ2v) is 6.91. The molecule has 4 heteroatoms. The van der Waals surface area contributed by atoms with Gasteiger partial charge in [-0.15, -0.1) is 0 Å². The average Bonchev–Trinajstić information content (AvgIpc) is 2.73. The van der Waals surface area contributed by atoms with E-state index >= 15 is 0 Å². The molecular formula is C24H33NO3. The zero-order valence-corrected chi connectivity index (χ0v) is 17.4. The molecule has 0 aliphatic rings. The lowest BCUT2D eigenvalue weighted by atomic mass is 10.1. The summed E-state index contributed by atoms with van der Waals surface area (Å²) in [4.78, 5) is 14.6. The van der Waals surface area contributed by atoms with Gasteiger partial charge >= 0.3 is 0 Å². The van der Waals surface area contributed by atoms with Gasteiger partial charge in [0.15, 0.2) is 11.5 Å². The molecule has 0 unspecified atom stereocenters. The van der Waals surface area contributed by atoms with Gasteiger partial charge in [-0.3, -0.25) is 4.79 Å². The summed E-state index contributed by atoms with van der Waals surface area (Å²) in [5.74, 6) is 1.69. The Balaban J connectivity index is 2.02. The summed E-state index contributed by atoms with van der Waals surface area (Å²) in [6, 6.07) is 16.2. The van der Waals surface area contributed by atoms with Crippen LogP contribution in [0, 0.1) is 0 Å². The van der Waals surface area contributed by atoms with Gasteiger partial charge in [0.2, 0.25) is 5.91 Å². The molecular weight excluding hydrogens is 350 g/mol. The number of benzene rings is 2. The molecule has 0 fully saturated rings. The molecule has 0 aliphatic carbocycles. The molecule has 2 rings (SSSR count). The molecule has 0 saturated heterocycles. The third kappa shape index (κ3) is 6.59. The molecule has 28 heavy (non-hydrogen) atoms. The van der Waals surface area contributed by atoms with Crippen molar-refractivity contribution in [2.75, 3.05) is 26.8 Å². The fraction of sp³-hybridized carbons (Fsp3) is 0.458. The van der Waals surface area contributed by atoms with E-state index in [1.54, 1.807) is 7.11 Å². The van der Waals surface area contributed by atoms with E-state index in [4.69, 9.17) is 9.47 Å². The Morgan fingerprint density at radius 3 is 2.29 bits per heavy atom.